The van der Waals surface area contributed by atoms with Gasteiger partial charge in [0.25, 0.3) is 0 Å². The van der Waals surface area contributed by atoms with Crippen LogP contribution in [0.1, 0.15) is 44.4 Å². The van der Waals surface area contributed by atoms with Crippen molar-refractivity contribution in [2.45, 2.75) is 39.7 Å². The maximum Gasteiger partial charge on any atom is 0.405 e. The summed E-state index contributed by atoms with van der Waals surface area (Å²) in [6.07, 6.45) is 0.465. The van der Waals surface area contributed by atoms with E-state index < -0.39 is 6.09 Å². The Morgan fingerprint density at radius 1 is 1.23 bits per heavy atom. The fourth-order valence-electron chi connectivity index (χ4n) is 3.57. The number of benzene rings is 2. The smallest absolute Gasteiger partial charge is 0.405 e. The Kier molecular flexibility index (Phi) is 4.90. The minimum Gasteiger partial charge on any atom is -0.493 e. The van der Waals surface area contributed by atoms with Gasteiger partial charge in [0, 0.05) is 11.5 Å². The lowest BCUT2D eigenvalue weighted by Crippen LogP contribution is -2.25. The van der Waals surface area contributed by atoms with E-state index >= 15 is 0 Å². The third-order valence-electron chi connectivity index (χ3n) is 4.69. The van der Waals surface area contributed by atoms with Crippen LogP contribution >= 0.6 is 0 Å². The molecule has 0 bridgehead atoms. The van der Waals surface area contributed by atoms with E-state index in [1.165, 1.54) is 12.1 Å². The summed E-state index contributed by atoms with van der Waals surface area (Å²) < 4.78 is 24.9. The Morgan fingerprint density at radius 2 is 2.00 bits per heavy atom. The maximum atomic E-state index is 14.0. The van der Waals surface area contributed by atoms with Crippen molar-refractivity contribution in [2.75, 3.05) is 6.61 Å². The number of primary amides is 1. The molecule has 0 radical (unpaired) electrons. The van der Waals surface area contributed by atoms with Gasteiger partial charge in [0.2, 0.25) is 0 Å². The third kappa shape index (κ3) is 3.66. The molecule has 1 aliphatic carbocycles. The number of halogens is 1. The number of carbonyl (C=O) groups excluding carboxylic acids is 1. The zero-order chi connectivity index (χ0) is 18.9. The van der Waals surface area contributed by atoms with Crippen LogP contribution < -0.4 is 10.5 Å². The van der Waals surface area contributed by atoms with Crippen molar-refractivity contribution in [3.8, 4) is 16.9 Å². The standard InChI is InChI=1S/C21H24FNO3/c1-4-7-25-17-10-14(9-16(22)11-17)13-5-6-18-15(8-13)12-21(2,3)19(18)26-20(23)24/h5-6,8-11,19H,4,7,12H2,1-3H3,(H2,23,24). The average Bonchev–Trinajstić information content (AvgIpc) is 2.81. The molecule has 0 saturated carbocycles. The number of carbonyl (C=O) groups is 1. The summed E-state index contributed by atoms with van der Waals surface area (Å²) in [7, 11) is 0. The number of hydrogen-bond donors (Lipinski definition) is 1. The maximum absolute atomic E-state index is 14.0. The predicted octanol–water partition coefficient (Wildman–Crippen LogP) is 5.00. The van der Waals surface area contributed by atoms with E-state index in [0.717, 1.165) is 35.1 Å². The molecule has 1 atom stereocenters. The second kappa shape index (κ2) is 6.98. The van der Waals surface area contributed by atoms with E-state index in [9.17, 15) is 9.18 Å². The zero-order valence-electron chi connectivity index (χ0n) is 15.3. The molecule has 1 unspecified atom stereocenters. The van der Waals surface area contributed by atoms with Gasteiger partial charge in [0.15, 0.2) is 0 Å². The van der Waals surface area contributed by atoms with E-state index in [2.05, 4.69) is 0 Å². The van der Waals surface area contributed by atoms with Gasteiger partial charge >= 0.3 is 6.09 Å². The molecule has 1 amide bonds. The lowest BCUT2D eigenvalue weighted by Gasteiger charge is -2.26. The quantitative estimate of drug-likeness (QED) is 0.819. The Bertz CT molecular complexity index is 832. The van der Waals surface area contributed by atoms with Crippen molar-refractivity contribution < 1.29 is 18.7 Å². The number of fused-ring (bicyclic) bond motifs is 1. The van der Waals surface area contributed by atoms with Crippen LogP contribution in [-0.2, 0) is 11.2 Å². The third-order valence-corrected chi connectivity index (χ3v) is 4.69. The Hall–Kier alpha value is -2.56. The molecule has 138 valence electrons. The molecule has 2 N–H and O–H groups in total. The van der Waals surface area contributed by atoms with E-state index in [-0.39, 0.29) is 17.3 Å². The first kappa shape index (κ1) is 18.2. The number of hydrogen-bond acceptors (Lipinski definition) is 3. The van der Waals surface area contributed by atoms with Gasteiger partial charge in [-0.2, -0.15) is 0 Å². The van der Waals surface area contributed by atoms with Gasteiger partial charge in [0.05, 0.1) is 6.61 Å². The van der Waals surface area contributed by atoms with Crippen LogP contribution in [0.3, 0.4) is 0 Å². The lowest BCUT2D eigenvalue weighted by atomic mass is 9.87. The largest absolute Gasteiger partial charge is 0.493 e. The Balaban J connectivity index is 1.96. The van der Waals surface area contributed by atoms with Gasteiger partial charge < -0.3 is 15.2 Å². The van der Waals surface area contributed by atoms with Gasteiger partial charge in [-0.3, -0.25) is 0 Å². The molecule has 0 spiro atoms. The second-order valence-electron chi connectivity index (χ2n) is 7.42. The topological polar surface area (TPSA) is 61.6 Å². The lowest BCUT2D eigenvalue weighted by molar-refractivity contribution is 0.0392. The van der Waals surface area contributed by atoms with Crippen LogP contribution in [0.25, 0.3) is 11.1 Å². The van der Waals surface area contributed by atoms with Crippen molar-refractivity contribution in [1.82, 2.24) is 0 Å². The molecule has 2 aromatic carbocycles. The summed E-state index contributed by atoms with van der Waals surface area (Å²) in [6.45, 7) is 6.64. The summed E-state index contributed by atoms with van der Waals surface area (Å²) in [5, 5.41) is 0. The fourth-order valence-corrected chi connectivity index (χ4v) is 3.57. The van der Waals surface area contributed by atoms with Crippen LogP contribution in [0, 0.1) is 11.2 Å². The average molecular weight is 357 g/mol. The minimum absolute atomic E-state index is 0.243. The highest BCUT2D eigenvalue weighted by atomic mass is 19.1. The molecule has 26 heavy (non-hydrogen) atoms. The van der Waals surface area contributed by atoms with Gasteiger partial charge in [-0.15, -0.1) is 0 Å². The second-order valence-corrected chi connectivity index (χ2v) is 7.42. The molecule has 0 aliphatic heterocycles. The van der Waals surface area contributed by atoms with Crippen LogP contribution in [0.5, 0.6) is 5.75 Å². The molecule has 0 aromatic heterocycles. The van der Waals surface area contributed by atoms with Crippen molar-refractivity contribution in [2.24, 2.45) is 11.1 Å². The molecular weight excluding hydrogens is 333 g/mol. The molecule has 5 heteroatoms. The molecule has 0 fully saturated rings. The number of nitrogens with two attached hydrogens (primary N) is 1. The molecule has 2 aromatic rings. The highest BCUT2D eigenvalue weighted by Gasteiger charge is 2.41. The highest BCUT2D eigenvalue weighted by Crippen LogP contribution is 2.48. The van der Waals surface area contributed by atoms with Crippen LogP contribution in [-0.4, -0.2) is 12.7 Å². The first-order chi connectivity index (χ1) is 12.3. The van der Waals surface area contributed by atoms with E-state index in [0.29, 0.717) is 12.4 Å². The normalized spacial score (nSPS) is 17.6. The Labute approximate surface area is 153 Å². The summed E-state index contributed by atoms with van der Waals surface area (Å²) in [4.78, 5) is 11.2. The number of ether oxygens (including phenoxy) is 2. The number of amides is 1. The summed E-state index contributed by atoms with van der Waals surface area (Å²) in [5.74, 6) is 0.196. The van der Waals surface area contributed by atoms with E-state index in [1.807, 2.05) is 45.0 Å². The zero-order valence-corrected chi connectivity index (χ0v) is 15.3. The molecule has 3 rings (SSSR count). The van der Waals surface area contributed by atoms with Gasteiger partial charge in [-0.25, -0.2) is 9.18 Å². The predicted molar refractivity (Wildman–Crippen MR) is 98.5 cm³/mol. The molecule has 1 aliphatic rings. The van der Waals surface area contributed by atoms with Crippen molar-refractivity contribution in [1.29, 1.82) is 0 Å². The molecular formula is C21H24FNO3. The van der Waals surface area contributed by atoms with Crippen LogP contribution in [0.2, 0.25) is 0 Å². The van der Waals surface area contributed by atoms with Crippen LogP contribution in [0.4, 0.5) is 9.18 Å². The van der Waals surface area contributed by atoms with Gasteiger partial charge in [-0.05, 0) is 47.2 Å². The van der Waals surface area contributed by atoms with Crippen molar-refractivity contribution in [3.63, 3.8) is 0 Å². The van der Waals surface area contributed by atoms with Crippen molar-refractivity contribution in [3.05, 3.63) is 53.3 Å². The summed E-state index contributed by atoms with van der Waals surface area (Å²) >= 11 is 0. The first-order valence-electron chi connectivity index (χ1n) is 8.83. The molecule has 0 heterocycles. The summed E-state index contributed by atoms with van der Waals surface area (Å²) in [6, 6.07) is 10.6. The van der Waals surface area contributed by atoms with E-state index in [4.69, 9.17) is 15.2 Å². The van der Waals surface area contributed by atoms with Gasteiger partial charge in [0.1, 0.15) is 17.7 Å². The van der Waals surface area contributed by atoms with Gasteiger partial charge in [-0.1, -0.05) is 39.0 Å². The molecule has 0 saturated heterocycles. The SMILES string of the molecule is CCCOc1cc(F)cc(-c2ccc3c(c2)CC(C)(C)C3OC(N)=O)c1. The molecule has 4 nitrogen and oxygen atoms in total. The fraction of sp³-hybridized carbons (Fsp3) is 0.381. The summed E-state index contributed by atoms with van der Waals surface area (Å²) in [5.41, 5.74) is 8.69. The highest BCUT2D eigenvalue weighted by molar-refractivity contribution is 5.68. The van der Waals surface area contributed by atoms with E-state index in [1.54, 1.807) is 0 Å². The monoisotopic (exact) mass is 357 g/mol. The Morgan fingerprint density at radius 3 is 2.69 bits per heavy atom. The van der Waals surface area contributed by atoms with Crippen molar-refractivity contribution >= 4 is 6.09 Å². The number of rotatable bonds is 5. The first-order valence-corrected chi connectivity index (χ1v) is 8.83. The van der Waals surface area contributed by atoms with Crippen LogP contribution in [0.15, 0.2) is 36.4 Å². The minimum atomic E-state index is -0.775.